The number of fused-ring (bicyclic) bond motifs is 5. The van der Waals surface area contributed by atoms with Crippen molar-refractivity contribution in [3.63, 3.8) is 0 Å². The molecule has 0 N–H and O–H groups in total. The van der Waals surface area contributed by atoms with Crippen LogP contribution in [0.2, 0.25) is 0 Å². The first-order valence-corrected chi connectivity index (χ1v) is 12.4. The summed E-state index contributed by atoms with van der Waals surface area (Å²) in [5.74, 6) is 0. The third-order valence-electron chi connectivity index (χ3n) is 7.47. The van der Waals surface area contributed by atoms with Gasteiger partial charge in [0.05, 0.1) is 22.2 Å². The van der Waals surface area contributed by atoms with E-state index in [0.29, 0.717) is 0 Å². The van der Waals surface area contributed by atoms with Gasteiger partial charge in [-0.25, -0.2) is 0 Å². The third kappa shape index (κ3) is 2.56. The van der Waals surface area contributed by atoms with Crippen molar-refractivity contribution < 1.29 is 0 Å². The monoisotopic (exact) mass is 458 g/mol. The maximum atomic E-state index is 2.48. The van der Waals surface area contributed by atoms with Crippen LogP contribution in [0.1, 0.15) is 0 Å². The van der Waals surface area contributed by atoms with E-state index in [4.69, 9.17) is 0 Å². The second-order valence-electron chi connectivity index (χ2n) is 9.40. The minimum absolute atomic E-state index is 1.15. The Morgan fingerprint density at radius 2 is 0.972 bits per heavy atom. The van der Waals surface area contributed by atoms with Gasteiger partial charge in [-0.3, -0.25) is 0 Å². The zero-order chi connectivity index (χ0) is 23.6. The standard InChI is InChI=1S/C34H22N2/c1-3-13-24(14-4-1)35(25-15-5-2-6-16-25)30-21-10-22-31-33(30)28-19-9-18-27-26-17-7-11-23-12-8-20-29(32(23)26)36(31)34(27)28/h1-22H. The first-order valence-electron chi connectivity index (χ1n) is 12.4. The molecule has 8 rings (SSSR count). The van der Waals surface area contributed by atoms with E-state index in [1.54, 1.807) is 0 Å². The maximum absolute atomic E-state index is 2.48. The van der Waals surface area contributed by atoms with Gasteiger partial charge in [0.25, 0.3) is 0 Å². The van der Waals surface area contributed by atoms with Crippen molar-refractivity contribution in [2.45, 2.75) is 0 Å². The summed E-state index contributed by atoms with van der Waals surface area (Å²) >= 11 is 0. The smallest absolute Gasteiger partial charge is 0.0620 e. The summed E-state index contributed by atoms with van der Waals surface area (Å²) in [6.07, 6.45) is 0. The molecule has 0 amide bonds. The molecule has 0 spiro atoms. The molecular formula is C34H22N2. The van der Waals surface area contributed by atoms with Crippen LogP contribution >= 0.6 is 0 Å². The number of rotatable bonds is 3. The number of hydrogen-bond acceptors (Lipinski definition) is 1. The highest BCUT2D eigenvalue weighted by Gasteiger charge is 2.22. The van der Waals surface area contributed by atoms with Crippen molar-refractivity contribution in [3.8, 4) is 0 Å². The highest BCUT2D eigenvalue weighted by atomic mass is 15.1. The minimum Gasteiger partial charge on any atom is -0.310 e. The van der Waals surface area contributed by atoms with Crippen LogP contribution in [-0.2, 0) is 0 Å². The van der Waals surface area contributed by atoms with Crippen LogP contribution in [-0.4, -0.2) is 4.40 Å². The molecular weight excluding hydrogens is 436 g/mol. The molecule has 6 aromatic carbocycles. The molecule has 2 heteroatoms. The van der Waals surface area contributed by atoms with Crippen LogP contribution in [0.25, 0.3) is 48.9 Å². The molecule has 0 saturated carbocycles. The normalized spacial score (nSPS) is 11.9. The zero-order valence-corrected chi connectivity index (χ0v) is 19.6. The fraction of sp³-hybridized carbons (Fsp3) is 0. The summed E-state index contributed by atoms with van der Waals surface area (Å²) in [5, 5.41) is 7.76. The number of benzene rings is 6. The van der Waals surface area contributed by atoms with E-state index < -0.39 is 0 Å². The topological polar surface area (TPSA) is 7.65 Å². The van der Waals surface area contributed by atoms with Gasteiger partial charge in [0.2, 0.25) is 0 Å². The van der Waals surface area contributed by atoms with Gasteiger partial charge >= 0.3 is 0 Å². The number of pyridine rings is 1. The Balaban J connectivity index is 1.59. The fourth-order valence-corrected chi connectivity index (χ4v) is 6.06. The van der Waals surface area contributed by atoms with Crippen molar-refractivity contribution in [2.75, 3.05) is 4.90 Å². The molecule has 168 valence electrons. The van der Waals surface area contributed by atoms with Crippen molar-refractivity contribution in [1.82, 2.24) is 4.40 Å². The average Bonchev–Trinajstić information content (AvgIpc) is 3.29. The van der Waals surface area contributed by atoms with E-state index >= 15 is 0 Å². The van der Waals surface area contributed by atoms with Crippen LogP contribution < -0.4 is 4.90 Å². The summed E-state index contributed by atoms with van der Waals surface area (Å²) in [6, 6.07) is 48.1. The van der Waals surface area contributed by atoms with Crippen LogP contribution in [0.15, 0.2) is 133 Å². The summed E-state index contributed by atoms with van der Waals surface area (Å²) in [5.41, 5.74) is 7.25. The second kappa shape index (κ2) is 7.34. The molecule has 2 aromatic heterocycles. The highest BCUT2D eigenvalue weighted by molar-refractivity contribution is 6.28. The van der Waals surface area contributed by atoms with Gasteiger partial charge in [0, 0.05) is 32.9 Å². The van der Waals surface area contributed by atoms with Crippen LogP contribution in [0, 0.1) is 0 Å². The van der Waals surface area contributed by atoms with Crippen LogP contribution in [0.3, 0.4) is 0 Å². The van der Waals surface area contributed by atoms with Gasteiger partial charge in [-0.05, 0) is 53.2 Å². The predicted molar refractivity (Wildman–Crippen MR) is 153 cm³/mol. The van der Waals surface area contributed by atoms with Gasteiger partial charge in [0.15, 0.2) is 0 Å². The Morgan fingerprint density at radius 3 is 1.69 bits per heavy atom. The SMILES string of the molecule is c1ccc(N(c2ccccc2)c2cccc3c2c2cccc4c5cccc6cccc(c65)n3c42)cc1. The third-order valence-corrected chi connectivity index (χ3v) is 7.47. The Kier molecular flexibility index (Phi) is 3.97. The first-order chi connectivity index (χ1) is 17.9. The predicted octanol–water partition coefficient (Wildman–Crippen LogP) is 9.46. The van der Waals surface area contributed by atoms with E-state index in [0.717, 1.165) is 11.4 Å². The summed E-state index contributed by atoms with van der Waals surface area (Å²) in [6.45, 7) is 0. The number of aromatic nitrogens is 1. The molecule has 0 saturated heterocycles. The lowest BCUT2D eigenvalue weighted by Gasteiger charge is -2.26. The second-order valence-corrected chi connectivity index (χ2v) is 9.40. The summed E-state index contributed by atoms with van der Waals surface area (Å²) in [4.78, 5) is 2.38. The molecule has 0 aliphatic heterocycles. The molecule has 0 radical (unpaired) electrons. The van der Waals surface area contributed by atoms with Crippen molar-refractivity contribution in [1.29, 1.82) is 0 Å². The van der Waals surface area contributed by atoms with Crippen molar-refractivity contribution in [3.05, 3.63) is 133 Å². The van der Waals surface area contributed by atoms with E-state index in [-0.39, 0.29) is 0 Å². The average molecular weight is 459 g/mol. The molecule has 0 unspecified atom stereocenters. The van der Waals surface area contributed by atoms with Gasteiger partial charge in [-0.2, -0.15) is 0 Å². The number of hydrogen-bond donors (Lipinski definition) is 0. The molecule has 0 fully saturated rings. The highest BCUT2D eigenvalue weighted by Crippen LogP contribution is 2.46. The summed E-state index contributed by atoms with van der Waals surface area (Å²) < 4.78 is 2.48. The Bertz CT molecular complexity index is 1990. The van der Waals surface area contributed by atoms with Gasteiger partial charge in [0.1, 0.15) is 0 Å². The maximum Gasteiger partial charge on any atom is 0.0620 e. The molecule has 0 aliphatic carbocycles. The van der Waals surface area contributed by atoms with Gasteiger partial charge in [-0.15, -0.1) is 0 Å². The molecule has 36 heavy (non-hydrogen) atoms. The minimum atomic E-state index is 1.15. The quantitative estimate of drug-likeness (QED) is 0.189. The first kappa shape index (κ1) is 19.5. The lowest BCUT2D eigenvalue weighted by Crippen LogP contribution is -2.10. The molecule has 8 aromatic rings. The number of anilines is 3. The van der Waals surface area contributed by atoms with E-state index in [2.05, 4.69) is 143 Å². The van der Waals surface area contributed by atoms with Crippen LogP contribution in [0.5, 0.6) is 0 Å². The Morgan fingerprint density at radius 1 is 0.417 bits per heavy atom. The zero-order valence-electron chi connectivity index (χ0n) is 19.6. The number of nitrogens with zero attached hydrogens (tertiary/aromatic N) is 2. The van der Waals surface area contributed by atoms with Crippen molar-refractivity contribution >= 4 is 65.9 Å². The molecule has 2 nitrogen and oxygen atoms in total. The van der Waals surface area contributed by atoms with Gasteiger partial charge in [-0.1, -0.05) is 91.0 Å². The molecule has 2 heterocycles. The fourth-order valence-electron chi connectivity index (χ4n) is 6.06. The van der Waals surface area contributed by atoms with Gasteiger partial charge < -0.3 is 9.30 Å². The molecule has 0 aliphatic rings. The number of para-hydroxylation sites is 3. The van der Waals surface area contributed by atoms with E-state index in [9.17, 15) is 0 Å². The lowest BCUT2D eigenvalue weighted by atomic mass is 9.99. The Labute approximate surface area is 208 Å². The van der Waals surface area contributed by atoms with E-state index in [1.165, 1.54) is 54.6 Å². The van der Waals surface area contributed by atoms with Crippen LogP contribution in [0.4, 0.5) is 17.1 Å². The van der Waals surface area contributed by atoms with Crippen molar-refractivity contribution in [2.24, 2.45) is 0 Å². The van der Waals surface area contributed by atoms with E-state index in [1.807, 2.05) is 0 Å². The molecule has 0 bridgehead atoms. The lowest BCUT2D eigenvalue weighted by molar-refractivity contribution is 1.29. The summed E-state index contributed by atoms with van der Waals surface area (Å²) in [7, 11) is 0. The largest absolute Gasteiger partial charge is 0.310 e. The Hall–Kier alpha value is -4.82. The molecule has 0 atom stereocenters.